The Morgan fingerprint density at radius 1 is 1.50 bits per heavy atom. The molecule has 0 bridgehead atoms. The molecule has 0 atom stereocenters. The molecule has 6 nitrogen and oxygen atoms in total. The molecule has 0 aliphatic carbocycles. The molecule has 0 saturated heterocycles. The Labute approximate surface area is 105 Å². The smallest absolute Gasteiger partial charge is 0.282 e. The minimum absolute atomic E-state index is 0.0896. The number of hydrogen-bond donors (Lipinski definition) is 2. The van der Waals surface area contributed by atoms with Gasteiger partial charge in [-0.25, -0.2) is 0 Å². The van der Waals surface area contributed by atoms with Crippen LogP contribution in [0.4, 0.5) is 5.69 Å². The van der Waals surface area contributed by atoms with E-state index in [1.54, 1.807) is 32.9 Å². The van der Waals surface area contributed by atoms with E-state index < -0.39 is 16.4 Å². The summed E-state index contributed by atoms with van der Waals surface area (Å²) in [6.45, 7) is 5.44. The van der Waals surface area contributed by atoms with Crippen molar-refractivity contribution in [3.63, 3.8) is 0 Å². The summed E-state index contributed by atoms with van der Waals surface area (Å²) < 4.78 is 0. The number of carbonyl (C=O) groups excluding carboxylic acids is 1. The SMILES string of the molecule is Cc1cccc([N+](=O)[O-])c1C(=O)NCC(C)(C)N. The third kappa shape index (κ3) is 3.53. The van der Waals surface area contributed by atoms with E-state index in [-0.39, 0.29) is 17.8 Å². The lowest BCUT2D eigenvalue weighted by atomic mass is 10.0. The number of aryl methyl sites for hydroxylation is 1. The van der Waals surface area contributed by atoms with Gasteiger partial charge in [-0.05, 0) is 26.3 Å². The minimum atomic E-state index is -0.562. The Morgan fingerprint density at radius 2 is 2.11 bits per heavy atom. The molecule has 0 saturated carbocycles. The summed E-state index contributed by atoms with van der Waals surface area (Å²) in [6, 6.07) is 4.53. The maximum atomic E-state index is 12.0. The fourth-order valence-corrected chi connectivity index (χ4v) is 1.50. The molecule has 0 aliphatic heterocycles. The van der Waals surface area contributed by atoms with Gasteiger partial charge < -0.3 is 11.1 Å². The third-order valence-electron chi connectivity index (χ3n) is 2.38. The Balaban J connectivity index is 3.02. The molecule has 1 rings (SSSR count). The number of nitrogens with zero attached hydrogens (tertiary/aromatic N) is 1. The predicted molar refractivity (Wildman–Crippen MR) is 68.4 cm³/mol. The van der Waals surface area contributed by atoms with E-state index in [0.717, 1.165) is 0 Å². The van der Waals surface area contributed by atoms with Gasteiger partial charge in [0, 0.05) is 18.2 Å². The minimum Gasteiger partial charge on any atom is -0.350 e. The van der Waals surface area contributed by atoms with Crippen LogP contribution in [-0.4, -0.2) is 22.9 Å². The number of nitro benzene ring substituents is 1. The normalized spacial score (nSPS) is 11.1. The van der Waals surface area contributed by atoms with Crippen LogP contribution in [0.3, 0.4) is 0 Å². The number of benzene rings is 1. The van der Waals surface area contributed by atoms with Crippen LogP contribution in [0.15, 0.2) is 18.2 Å². The zero-order chi connectivity index (χ0) is 13.9. The van der Waals surface area contributed by atoms with Crippen LogP contribution in [0.25, 0.3) is 0 Å². The lowest BCUT2D eigenvalue weighted by Crippen LogP contribution is -2.45. The summed E-state index contributed by atoms with van der Waals surface area (Å²) in [5.41, 5.74) is 5.65. The highest BCUT2D eigenvalue weighted by molar-refractivity contribution is 5.99. The van der Waals surface area contributed by atoms with Gasteiger partial charge in [0.2, 0.25) is 0 Å². The number of amides is 1. The van der Waals surface area contributed by atoms with Crippen molar-refractivity contribution >= 4 is 11.6 Å². The van der Waals surface area contributed by atoms with Gasteiger partial charge >= 0.3 is 0 Å². The molecule has 0 aromatic heterocycles. The number of nitrogens with one attached hydrogen (secondary N) is 1. The van der Waals surface area contributed by atoms with Gasteiger partial charge in [-0.2, -0.15) is 0 Å². The maximum Gasteiger partial charge on any atom is 0.282 e. The first kappa shape index (κ1) is 14.1. The van der Waals surface area contributed by atoms with Crippen LogP contribution in [0, 0.1) is 17.0 Å². The number of rotatable bonds is 4. The first-order valence-electron chi connectivity index (χ1n) is 5.53. The molecule has 0 heterocycles. The van der Waals surface area contributed by atoms with E-state index in [0.29, 0.717) is 5.56 Å². The van der Waals surface area contributed by atoms with E-state index in [4.69, 9.17) is 5.73 Å². The maximum absolute atomic E-state index is 12.0. The second-order valence-corrected chi connectivity index (χ2v) is 4.90. The van der Waals surface area contributed by atoms with E-state index in [9.17, 15) is 14.9 Å². The molecule has 0 aliphatic rings. The Hall–Kier alpha value is -1.95. The third-order valence-corrected chi connectivity index (χ3v) is 2.38. The average molecular weight is 251 g/mol. The molecular formula is C12H17N3O3. The Kier molecular flexibility index (Phi) is 4.03. The molecule has 0 fully saturated rings. The summed E-state index contributed by atoms with van der Waals surface area (Å²) in [6.07, 6.45) is 0. The first-order chi connectivity index (χ1) is 8.22. The molecule has 6 heteroatoms. The summed E-state index contributed by atoms with van der Waals surface area (Å²) in [5, 5.41) is 13.5. The van der Waals surface area contributed by atoms with Crippen molar-refractivity contribution in [2.45, 2.75) is 26.3 Å². The molecule has 1 amide bonds. The average Bonchev–Trinajstić information content (AvgIpc) is 2.24. The fourth-order valence-electron chi connectivity index (χ4n) is 1.50. The summed E-state index contributed by atoms with van der Waals surface area (Å²) in [4.78, 5) is 22.3. The van der Waals surface area contributed by atoms with E-state index in [1.807, 2.05) is 0 Å². The van der Waals surface area contributed by atoms with Crippen LogP contribution in [-0.2, 0) is 0 Å². The second-order valence-electron chi connectivity index (χ2n) is 4.90. The molecule has 0 radical (unpaired) electrons. The first-order valence-corrected chi connectivity index (χ1v) is 5.53. The van der Waals surface area contributed by atoms with Gasteiger partial charge in [-0.3, -0.25) is 14.9 Å². The van der Waals surface area contributed by atoms with Crippen molar-refractivity contribution in [3.05, 3.63) is 39.4 Å². The number of nitrogens with two attached hydrogens (primary N) is 1. The highest BCUT2D eigenvalue weighted by Crippen LogP contribution is 2.21. The van der Waals surface area contributed by atoms with Gasteiger partial charge in [0.05, 0.1) is 4.92 Å². The molecule has 1 aromatic carbocycles. The Bertz CT molecular complexity index is 478. The van der Waals surface area contributed by atoms with Crippen LogP contribution < -0.4 is 11.1 Å². The Morgan fingerprint density at radius 3 is 2.61 bits per heavy atom. The lowest BCUT2D eigenvalue weighted by molar-refractivity contribution is -0.385. The number of nitro groups is 1. The topological polar surface area (TPSA) is 98.3 Å². The van der Waals surface area contributed by atoms with Crippen molar-refractivity contribution in [1.29, 1.82) is 0 Å². The summed E-state index contributed by atoms with van der Waals surface area (Å²) >= 11 is 0. The van der Waals surface area contributed by atoms with Crippen LogP contribution in [0.5, 0.6) is 0 Å². The van der Waals surface area contributed by atoms with Gasteiger partial charge in [0.25, 0.3) is 11.6 Å². The molecule has 98 valence electrons. The van der Waals surface area contributed by atoms with Crippen molar-refractivity contribution in [3.8, 4) is 0 Å². The standard InChI is InChI=1S/C12H17N3O3/c1-8-5-4-6-9(15(17)18)10(8)11(16)14-7-12(2,3)13/h4-6H,7,13H2,1-3H3,(H,14,16). The molecule has 0 spiro atoms. The highest BCUT2D eigenvalue weighted by atomic mass is 16.6. The fraction of sp³-hybridized carbons (Fsp3) is 0.417. The van der Waals surface area contributed by atoms with E-state index >= 15 is 0 Å². The number of hydrogen-bond acceptors (Lipinski definition) is 4. The quantitative estimate of drug-likeness (QED) is 0.623. The monoisotopic (exact) mass is 251 g/mol. The molecule has 3 N–H and O–H groups in total. The molecular weight excluding hydrogens is 234 g/mol. The van der Waals surface area contributed by atoms with Crippen LogP contribution in [0.1, 0.15) is 29.8 Å². The van der Waals surface area contributed by atoms with Gasteiger partial charge in [0.15, 0.2) is 0 Å². The van der Waals surface area contributed by atoms with Crippen LogP contribution in [0.2, 0.25) is 0 Å². The van der Waals surface area contributed by atoms with Crippen molar-refractivity contribution in [1.82, 2.24) is 5.32 Å². The second kappa shape index (κ2) is 5.14. The van der Waals surface area contributed by atoms with Crippen LogP contribution >= 0.6 is 0 Å². The largest absolute Gasteiger partial charge is 0.350 e. The van der Waals surface area contributed by atoms with Gasteiger partial charge in [-0.15, -0.1) is 0 Å². The summed E-state index contributed by atoms with van der Waals surface area (Å²) in [5.74, 6) is -0.474. The molecule has 0 unspecified atom stereocenters. The summed E-state index contributed by atoms with van der Waals surface area (Å²) in [7, 11) is 0. The van der Waals surface area contributed by atoms with Crippen molar-refractivity contribution < 1.29 is 9.72 Å². The van der Waals surface area contributed by atoms with E-state index in [1.165, 1.54) is 6.07 Å². The zero-order valence-electron chi connectivity index (χ0n) is 10.7. The molecule has 1 aromatic rings. The van der Waals surface area contributed by atoms with Gasteiger partial charge in [-0.1, -0.05) is 12.1 Å². The van der Waals surface area contributed by atoms with Gasteiger partial charge in [0.1, 0.15) is 5.56 Å². The van der Waals surface area contributed by atoms with E-state index in [2.05, 4.69) is 5.32 Å². The lowest BCUT2D eigenvalue weighted by Gasteiger charge is -2.19. The predicted octanol–water partition coefficient (Wildman–Crippen LogP) is 1.37. The van der Waals surface area contributed by atoms with Crippen molar-refractivity contribution in [2.24, 2.45) is 5.73 Å². The zero-order valence-corrected chi connectivity index (χ0v) is 10.7. The highest BCUT2D eigenvalue weighted by Gasteiger charge is 2.23. The van der Waals surface area contributed by atoms with Crippen molar-refractivity contribution in [2.75, 3.05) is 6.54 Å². The molecule has 18 heavy (non-hydrogen) atoms. The number of carbonyl (C=O) groups is 1.